The molecule has 0 saturated heterocycles. The van der Waals surface area contributed by atoms with Gasteiger partial charge in [0.25, 0.3) is 0 Å². The van der Waals surface area contributed by atoms with Gasteiger partial charge in [0.15, 0.2) is 5.69 Å². The first-order chi connectivity index (χ1) is 13.2. The molecule has 0 aliphatic carbocycles. The van der Waals surface area contributed by atoms with Crippen LogP contribution in [0.3, 0.4) is 0 Å². The third kappa shape index (κ3) is 3.14. The van der Waals surface area contributed by atoms with Crippen LogP contribution >= 0.6 is 0 Å². The standard InChI is InChI=1S/C24H19N3/c1-17-13-21(19-9-5-3-6-10-19)14-18(2)23(17)27-16-22(15-25)26-24(27)20-11-7-4-8-12-20/h3-14,16H,1-2H3. The number of imidazole rings is 1. The van der Waals surface area contributed by atoms with E-state index in [-0.39, 0.29) is 0 Å². The van der Waals surface area contributed by atoms with Crippen molar-refractivity contribution in [2.24, 2.45) is 0 Å². The first-order valence-corrected chi connectivity index (χ1v) is 8.89. The predicted octanol–water partition coefficient (Wildman–Crippen LogP) is 5.69. The van der Waals surface area contributed by atoms with Crippen LogP contribution in [-0.2, 0) is 0 Å². The van der Waals surface area contributed by atoms with Crippen molar-refractivity contribution in [1.29, 1.82) is 5.26 Å². The van der Waals surface area contributed by atoms with Crippen LogP contribution in [0.1, 0.15) is 16.8 Å². The van der Waals surface area contributed by atoms with Crippen LogP contribution in [-0.4, -0.2) is 9.55 Å². The predicted molar refractivity (Wildman–Crippen MR) is 109 cm³/mol. The fourth-order valence-corrected chi connectivity index (χ4v) is 3.53. The van der Waals surface area contributed by atoms with E-state index >= 15 is 0 Å². The lowest BCUT2D eigenvalue weighted by molar-refractivity contribution is 1.03. The van der Waals surface area contributed by atoms with Gasteiger partial charge in [-0.05, 0) is 48.2 Å². The van der Waals surface area contributed by atoms with Gasteiger partial charge in [0.05, 0.1) is 5.69 Å². The monoisotopic (exact) mass is 349 g/mol. The molecule has 0 atom stereocenters. The van der Waals surface area contributed by atoms with Crippen molar-refractivity contribution in [2.75, 3.05) is 0 Å². The Hall–Kier alpha value is -3.64. The zero-order valence-electron chi connectivity index (χ0n) is 15.3. The molecule has 0 saturated carbocycles. The van der Waals surface area contributed by atoms with E-state index in [2.05, 4.69) is 61.3 Å². The van der Waals surface area contributed by atoms with Crippen molar-refractivity contribution in [3.63, 3.8) is 0 Å². The molecule has 3 aromatic carbocycles. The summed E-state index contributed by atoms with van der Waals surface area (Å²) in [5.41, 5.74) is 7.16. The van der Waals surface area contributed by atoms with Crippen LogP contribution in [0.2, 0.25) is 0 Å². The maximum absolute atomic E-state index is 9.37. The molecule has 1 heterocycles. The molecule has 27 heavy (non-hydrogen) atoms. The van der Waals surface area contributed by atoms with Gasteiger partial charge >= 0.3 is 0 Å². The van der Waals surface area contributed by atoms with Crippen molar-refractivity contribution in [3.05, 3.63) is 95.8 Å². The van der Waals surface area contributed by atoms with Crippen LogP contribution in [0.4, 0.5) is 0 Å². The number of rotatable bonds is 3. The van der Waals surface area contributed by atoms with E-state index in [9.17, 15) is 5.26 Å². The van der Waals surface area contributed by atoms with Crippen LogP contribution < -0.4 is 0 Å². The maximum Gasteiger partial charge on any atom is 0.159 e. The van der Waals surface area contributed by atoms with E-state index in [0.29, 0.717) is 5.69 Å². The minimum Gasteiger partial charge on any atom is -0.298 e. The third-order valence-electron chi connectivity index (χ3n) is 4.69. The highest BCUT2D eigenvalue weighted by molar-refractivity contribution is 5.70. The minimum atomic E-state index is 0.416. The molecule has 0 bridgehead atoms. The molecule has 130 valence electrons. The van der Waals surface area contributed by atoms with E-state index < -0.39 is 0 Å². The highest BCUT2D eigenvalue weighted by Gasteiger charge is 2.16. The van der Waals surface area contributed by atoms with E-state index in [1.54, 1.807) is 0 Å². The molecule has 0 amide bonds. The van der Waals surface area contributed by atoms with E-state index in [0.717, 1.165) is 28.2 Å². The van der Waals surface area contributed by atoms with Crippen molar-refractivity contribution >= 4 is 0 Å². The molecule has 0 fully saturated rings. The Balaban J connectivity index is 1.90. The minimum absolute atomic E-state index is 0.416. The third-order valence-corrected chi connectivity index (χ3v) is 4.69. The molecule has 0 spiro atoms. The van der Waals surface area contributed by atoms with Crippen molar-refractivity contribution in [1.82, 2.24) is 9.55 Å². The normalized spacial score (nSPS) is 10.6. The molecule has 3 nitrogen and oxygen atoms in total. The quantitative estimate of drug-likeness (QED) is 0.476. The number of hydrogen-bond donors (Lipinski definition) is 0. The Morgan fingerprint density at radius 3 is 1.89 bits per heavy atom. The molecule has 4 aromatic rings. The van der Waals surface area contributed by atoms with Gasteiger partial charge in [-0.15, -0.1) is 0 Å². The Morgan fingerprint density at radius 2 is 1.33 bits per heavy atom. The van der Waals surface area contributed by atoms with Crippen LogP contribution in [0.15, 0.2) is 79.0 Å². The fraction of sp³-hybridized carbons (Fsp3) is 0.0833. The summed E-state index contributed by atoms with van der Waals surface area (Å²) in [5, 5.41) is 9.37. The number of aryl methyl sites for hydroxylation is 2. The zero-order chi connectivity index (χ0) is 18.8. The van der Waals surface area contributed by atoms with E-state index in [4.69, 9.17) is 0 Å². The van der Waals surface area contributed by atoms with E-state index in [1.165, 1.54) is 11.1 Å². The number of nitriles is 1. The summed E-state index contributed by atoms with van der Waals surface area (Å²) in [7, 11) is 0. The zero-order valence-corrected chi connectivity index (χ0v) is 15.3. The smallest absolute Gasteiger partial charge is 0.159 e. The summed E-state index contributed by atoms with van der Waals surface area (Å²) in [6, 6.07) is 26.9. The number of benzene rings is 3. The lowest BCUT2D eigenvalue weighted by atomic mass is 9.98. The summed E-state index contributed by atoms with van der Waals surface area (Å²) in [4.78, 5) is 4.54. The van der Waals surface area contributed by atoms with Gasteiger partial charge in [0.2, 0.25) is 0 Å². The number of aromatic nitrogens is 2. The average Bonchev–Trinajstić information content (AvgIpc) is 3.13. The first-order valence-electron chi connectivity index (χ1n) is 8.89. The van der Waals surface area contributed by atoms with Gasteiger partial charge in [0, 0.05) is 11.8 Å². The SMILES string of the molecule is Cc1cc(-c2ccccc2)cc(C)c1-n1cc(C#N)nc1-c1ccccc1. The largest absolute Gasteiger partial charge is 0.298 e. The molecule has 0 aliphatic rings. The summed E-state index contributed by atoms with van der Waals surface area (Å²) >= 11 is 0. The van der Waals surface area contributed by atoms with Gasteiger partial charge in [-0.25, -0.2) is 4.98 Å². The Labute approximate surface area is 159 Å². The number of hydrogen-bond acceptors (Lipinski definition) is 2. The second kappa shape index (κ2) is 6.93. The van der Waals surface area contributed by atoms with Crippen molar-refractivity contribution in [3.8, 4) is 34.3 Å². The summed E-state index contributed by atoms with van der Waals surface area (Å²) < 4.78 is 2.04. The maximum atomic E-state index is 9.37. The Morgan fingerprint density at radius 1 is 0.778 bits per heavy atom. The van der Waals surface area contributed by atoms with Gasteiger partial charge in [-0.3, -0.25) is 4.57 Å². The second-order valence-corrected chi connectivity index (χ2v) is 6.62. The second-order valence-electron chi connectivity index (χ2n) is 6.62. The average molecular weight is 349 g/mol. The topological polar surface area (TPSA) is 41.6 Å². The van der Waals surface area contributed by atoms with Crippen molar-refractivity contribution in [2.45, 2.75) is 13.8 Å². The van der Waals surface area contributed by atoms with Crippen LogP contribution in [0.5, 0.6) is 0 Å². The molecule has 0 radical (unpaired) electrons. The number of nitrogens with zero attached hydrogens (tertiary/aromatic N) is 3. The molecule has 0 N–H and O–H groups in total. The summed E-state index contributed by atoms with van der Waals surface area (Å²) in [5.74, 6) is 0.783. The summed E-state index contributed by atoms with van der Waals surface area (Å²) in [6.45, 7) is 4.21. The highest BCUT2D eigenvalue weighted by Crippen LogP contribution is 2.31. The Bertz CT molecular complexity index is 1110. The molecule has 4 rings (SSSR count). The molecular formula is C24H19N3. The van der Waals surface area contributed by atoms with E-state index in [1.807, 2.05) is 47.2 Å². The molecule has 1 aromatic heterocycles. The van der Waals surface area contributed by atoms with Gasteiger partial charge in [-0.1, -0.05) is 60.7 Å². The lowest BCUT2D eigenvalue weighted by Gasteiger charge is -2.16. The van der Waals surface area contributed by atoms with Crippen LogP contribution in [0.25, 0.3) is 28.2 Å². The van der Waals surface area contributed by atoms with Crippen LogP contribution in [0, 0.1) is 25.2 Å². The van der Waals surface area contributed by atoms with Gasteiger partial charge in [0.1, 0.15) is 11.9 Å². The van der Waals surface area contributed by atoms with Gasteiger partial charge in [-0.2, -0.15) is 5.26 Å². The molecule has 3 heteroatoms. The highest BCUT2D eigenvalue weighted by atomic mass is 15.1. The molecular weight excluding hydrogens is 330 g/mol. The summed E-state index contributed by atoms with van der Waals surface area (Å²) in [6.07, 6.45) is 1.82. The van der Waals surface area contributed by atoms with Gasteiger partial charge < -0.3 is 0 Å². The lowest BCUT2D eigenvalue weighted by Crippen LogP contribution is -2.02. The Kier molecular flexibility index (Phi) is 4.32. The fourth-order valence-electron chi connectivity index (χ4n) is 3.53. The first kappa shape index (κ1) is 16.8. The molecule has 0 unspecified atom stereocenters. The van der Waals surface area contributed by atoms with Crippen molar-refractivity contribution < 1.29 is 0 Å². The molecule has 0 aliphatic heterocycles.